The summed E-state index contributed by atoms with van der Waals surface area (Å²) in [4.78, 5) is 27.1. The third-order valence-electron chi connectivity index (χ3n) is 3.10. The van der Waals surface area contributed by atoms with E-state index in [-0.39, 0.29) is 11.6 Å². The average Bonchev–Trinajstić information content (AvgIpc) is 2.89. The van der Waals surface area contributed by atoms with Crippen LogP contribution in [0.1, 0.15) is 5.56 Å². The lowest BCUT2D eigenvalue weighted by atomic mass is 10.2. The van der Waals surface area contributed by atoms with E-state index in [1.54, 1.807) is 42.5 Å². The van der Waals surface area contributed by atoms with E-state index in [2.05, 4.69) is 10.3 Å². The van der Waals surface area contributed by atoms with E-state index in [0.717, 1.165) is 11.8 Å². The highest BCUT2D eigenvalue weighted by molar-refractivity contribution is 8.18. The number of halogens is 1. The predicted octanol–water partition coefficient (Wildman–Crippen LogP) is 4.14. The Morgan fingerprint density at radius 3 is 2.75 bits per heavy atom. The molecule has 1 heterocycles. The summed E-state index contributed by atoms with van der Waals surface area (Å²) in [5.41, 5.74) is 1.09. The lowest BCUT2D eigenvalue weighted by Crippen LogP contribution is -2.19. The van der Waals surface area contributed by atoms with Crippen molar-refractivity contribution in [1.82, 2.24) is 5.32 Å². The molecule has 1 fully saturated rings. The first-order valence-electron chi connectivity index (χ1n) is 6.81. The molecule has 8 heteroatoms. The van der Waals surface area contributed by atoms with Crippen LogP contribution in [0.5, 0.6) is 0 Å². The summed E-state index contributed by atoms with van der Waals surface area (Å²) in [6.45, 7) is 0. The van der Waals surface area contributed by atoms with E-state index in [4.69, 9.17) is 11.6 Å². The van der Waals surface area contributed by atoms with Gasteiger partial charge in [0, 0.05) is 12.1 Å². The highest BCUT2D eigenvalue weighted by atomic mass is 35.5. The summed E-state index contributed by atoms with van der Waals surface area (Å²) in [6, 6.07) is 13.1. The molecule has 24 heavy (non-hydrogen) atoms. The first kappa shape index (κ1) is 16.2. The maximum absolute atomic E-state index is 12.0. The van der Waals surface area contributed by atoms with Crippen LogP contribution in [0.25, 0.3) is 6.08 Å². The van der Waals surface area contributed by atoms with Crippen molar-refractivity contribution in [3.8, 4) is 0 Å². The van der Waals surface area contributed by atoms with Crippen molar-refractivity contribution < 1.29 is 9.72 Å². The number of benzene rings is 2. The molecule has 1 saturated heterocycles. The summed E-state index contributed by atoms with van der Waals surface area (Å²) in [5.74, 6) is -0.308. The molecule has 0 radical (unpaired) electrons. The Labute approximate surface area is 146 Å². The molecule has 1 aliphatic heterocycles. The number of thioether (sulfide) groups is 1. The Morgan fingerprint density at radius 1 is 1.21 bits per heavy atom. The van der Waals surface area contributed by atoms with Gasteiger partial charge in [-0.25, -0.2) is 4.99 Å². The van der Waals surface area contributed by atoms with Crippen LogP contribution in [-0.4, -0.2) is 16.0 Å². The number of para-hydroxylation sites is 1. The number of nitrogens with zero attached hydrogens (tertiary/aromatic N) is 2. The third-order valence-corrected chi connectivity index (χ3v) is 4.33. The maximum Gasteiger partial charge on any atom is 0.270 e. The summed E-state index contributed by atoms with van der Waals surface area (Å²) in [6.07, 6.45) is 1.59. The van der Waals surface area contributed by atoms with Crippen LogP contribution in [0.3, 0.4) is 0 Å². The minimum absolute atomic E-state index is 0.0299. The molecule has 1 amide bonds. The van der Waals surface area contributed by atoms with Gasteiger partial charge in [-0.2, -0.15) is 0 Å². The van der Waals surface area contributed by atoms with Gasteiger partial charge >= 0.3 is 0 Å². The van der Waals surface area contributed by atoms with Gasteiger partial charge in [-0.05, 0) is 35.5 Å². The fourth-order valence-corrected chi connectivity index (χ4v) is 3.02. The smallest absolute Gasteiger partial charge is 0.270 e. The van der Waals surface area contributed by atoms with Crippen molar-refractivity contribution in [2.45, 2.75) is 0 Å². The second-order valence-corrected chi connectivity index (χ2v) is 6.22. The van der Waals surface area contributed by atoms with Crippen molar-refractivity contribution in [2.75, 3.05) is 0 Å². The predicted molar refractivity (Wildman–Crippen MR) is 95.4 cm³/mol. The molecule has 2 aromatic carbocycles. The van der Waals surface area contributed by atoms with Crippen molar-refractivity contribution in [3.63, 3.8) is 0 Å². The minimum Gasteiger partial charge on any atom is -0.300 e. The lowest BCUT2D eigenvalue weighted by Gasteiger charge is -1.98. The summed E-state index contributed by atoms with van der Waals surface area (Å²) in [5, 5.41) is 14.4. The fourth-order valence-electron chi connectivity index (χ4n) is 2.01. The largest absolute Gasteiger partial charge is 0.300 e. The normalized spacial score (nSPS) is 17.3. The molecule has 0 aromatic heterocycles. The number of nitro groups is 1. The first-order chi connectivity index (χ1) is 11.5. The van der Waals surface area contributed by atoms with Gasteiger partial charge in [-0.1, -0.05) is 35.9 Å². The second-order valence-electron chi connectivity index (χ2n) is 4.79. The number of nitro benzene ring substituents is 1. The van der Waals surface area contributed by atoms with Gasteiger partial charge in [0.05, 0.1) is 20.5 Å². The summed E-state index contributed by atoms with van der Waals surface area (Å²) < 4.78 is 0. The molecule has 0 atom stereocenters. The number of hydrogen-bond acceptors (Lipinski definition) is 5. The molecule has 0 saturated carbocycles. The Kier molecular flexibility index (Phi) is 4.64. The van der Waals surface area contributed by atoms with Crippen LogP contribution in [0.4, 0.5) is 11.4 Å². The Balaban J connectivity index is 1.86. The number of amidine groups is 1. The fraction of sp³-hybridized carbons (Fsp3) is 0. The highest BCUT2D eigenvalue weighted by Gasteiger charge is 2.24. The number of hydrogen-bond donors (Lipinski definition) is 1. The van der Waals surface area contributed by atoms with Crippen LogP contribution in [0.2, 0.25) is 5.02 Å². The van der Waals surface area contributed by atoms with Crippen molar-refractivity contribution in [1.29, 1.82) is 0 Å². The monoisotopic (exact) mass is 359 g/mol. The van der Waals surface area contributed by atoms with E-state index >= 15 is 0 Å². The highest BCUT2D eigenvalue weighted by Crippen LogP contribution is 2.31. The first-order valence-corrected chi connectivity index (χ1v) is 8.01. The van der Waals surface area contributed by atoms with Gasteiger partial charge in [-0.15, -0.1) is 0 Å². The zero-order chi connectivity index (χ0) is 17.1. The topological polar surface area (TPSA) is 84.6 Å². The zero-order valence-electron chi connectivity index (χ0n) is 12.1. The molecule has 0 bridgehead atoms. The van der Waals surface area contributed by atoms with Crippen LogP contribution in [-0.2, 0) is 4.79 Å². The number of carbonyl (C=O) groups is 1. The summed E-state index contributed by atoms with van der Waals surface area (Å²) >= 11 is 7.20. The Hall–Kier alpha value is -2.64. The molecular weight excluding hydrogens is 350 g/mol. The molecule has 6 nitrogen and oxygen atoms in total. The van der Waals surface area contributed by atoms with Crippen LogP contribution < -0.4 is 5.32 Å². The molecule has 0 unspecified atom stereocenters. The van der Waals surface area contributed by atoms with E-state index < -0.39 is 4.92 Å². The molecule has 1 N–H and O–H groups in total. The van der Waals surface area contributed by atoms with Gasteiger partial charge in [0.25, 0.3) is 11.6 Å². The van der Waals surface area contributed by atoms with Crippen LogP contribution >= 0.6 is 23.4 Å². The quantitative estimate of drug-likeness (QED) is 0.507. The van der Waals surface area contributed by atoms with Gasteiger partial charge in [0.15, 0.2) is 5.17 Å². The van der Waals surface area contributed by atoms with E-state index in [9.17, 15) is 14.9 Å². The molecule has 0 aliphatic carbocycles. The average molecular weight is 360 g/mol. The van der Waals surface area contributed by atoms with Gasteiger partial charge in [0.1, 0.15) is 0 Å². The number of carbonyl (C=O) groups excluding carboxylic acids is 1. The van der Waals surface area contributed by atoms with E-state index in [1.807, 2.05) is 0 Å². The standard InChI is InChI=1S/C16H10ClN3O3S/c17-12-6-1-2-7-13(12)18-16-19-15(21)14(24-16)9-10-4-3-5-11(8-10)20(22)23/h1-9H,(H,18,19,21)/b14-9+. The Bertz CT molecular complexity index is 896. The SMILES string of the molecule is O=C1NC(=Nc2ccccc2Cl)S/C1=C/c1cccc([N+](=O)[O-])c1. The number of rotatable bonds is 3. The molecular formula is C16H10ClN3O3S. The second kappa shape index (κ2) is 6.86. The molecule has 3 rings (SSSR count). The number of nitrogens with one attached hydrogen (secondary N) is 1. The van der Waals surface area contributed by atoms with Crippen LogP contribution in [0.15, 0.2) is 58.4 Å². The van der Waals surface area contributed by atoms with Crippen molar-refractivity contribution in [3.05, 3.63) is 74.1 Å². The van der Waals surface area contributed by atoms with Gasteiger partial charge < -0.3 is 5.32 Å². The minimum atomic E-state index is -0.478. The molecule has 2 aromatic rings. The van der Waals surface area contributed by atoms with Crippen molar-refractivity contribution >= 4 is 51.9 Å². The number of non-ortho nitro benzene ring substituents is 1. The lowest BCUT2D eigenvalue weighted by molar-refractivity contribution is -0.384. The molecule has 1 aliphatic rings. The van der Waals surface area contributed by atoms with Gasteiger partial charge in [0.2, 0.25) is 0 Å². The Morgan fingerprint density at radius 2 is 2.00 bits per heavy atom. The third kappa shape index (κ3) is 3.64. The zero-order valence-corrected chi connectivity index (χ0v) is 13.7. The maximum atomic E-state index is 12.0. The number of amides is 1. The van der Waals surface area contributed by atoms with Gasteiger partial charge in [-0.3, -0.25) is 14.9 Å². The molecule has 0 spiro atoms. The number of aliphatic imine (C=N–C) groups is 1. The van der Waals surface area contributed by atoms with E-state index in [0.29, 0.717) is 26.3 Å². The summed E-state index contributed by atoms with van der Waals surface area (Å²) in [7, 11) is 0. The molecule has 120 valence electrons. The van der Waals surface area contributed by atoms with E-state index in [1.165, 1.54) is 12.1 Å². The van der Waals surface area contributed by atoms with Crippen LogP contribution in [0, 0.1) is 10.1 Å². The van der Waals surface area contributed by atoms with Crippen molar-refractivity contribution in [2.24, 2.45) is 4.99 Å².